The van der Waals surface area contributed by atoms with E-state index in [1.54, 1.807) is 16.7 Å². The number of para-hydroxylation sites is 2. The van der Waals surface area contributed by atoms with Gasteiger partial charge in [0.25, 0.3) is 5.56 Å². The summed E-state index contributed by atoms with van der Waals surface area (Å²) in [6.45, 7) is 7.63. The molecule has 6 nitrogen and oxygen atoms in total. The molecule has 0 aliphatic heterocycles. The quantitative estimate of drug-likeness (QED) is 0.101. The number of aromatic nitrogens is 2. The molecule has 4 rings (SSSR count). The molecular weight excluding hydrogens is 500 g/mol. The molecule has 0 saturated heterocycles. The lowest BCUT2D eigenvalue weighted by Crippen LogP contribution is -2.27. The van der Waals surface area contributed by atoms with Crippen molar-refractivity contribution in [2.75, 3.05) is 13.7 Å². The van der Waals surface area contributed by atoms with Gasteiger partial charge in [0.1, 0.15) is 12.4 Å². The number of thioether (sulfide) groups is 1. The fraction of sp³-hybridized carbons (Fsp3) is 0.276. The van der Waals surface area contributed by atoms with Crippen LogP contribution in [-0.4, -0.2) is 37.3 Å². The summed E-state index contributed by atoms with van der Waals surface area (Å²) in [5.74, 6) is 0.178. The number of hydrogen-bond acceptors (Lipinski definition) is 6. The maximum Gasteiger partial charge on any atom is 0.339 e. The Kier molecular flexibility index (Phi) is 8.63. The van der Waals surface area contributed by atoms with Crippen molar-refractivity contribution in [1.82, 2.24) is 9.55 Å². The highest BCUT2D eigenvalue weighted by atomic mass is 32.2. The second kappa shape index (κ2) is 11.9. The minimum atomic E-state index is -1.26. The smallest absolute Gasteiger partial charge is 0.339 e. The number of fused-ring (bicyclic) bond motifs is 1. The van der Waals surface area contributed by atoms with Gasteiger partial charge in [0.15, 0.2) is 0 Å². The lowest BCUT2D eigenvalue weighted by Gasteiger charge is -2.18. The molecule has 1 heterocycles. The highest BCUT2D eigenvalue weighted by molar-refractivity contribution is 7.98. The van der Waals surface area contributed by atoms with E-state index >= 15 is 0 Å². The summed E-state index contributed by atoms with van der Waals surface area (Å²) in [6, 6.07) is 23.9. The van der Waals surface area contributed by atoms with Crippen LogP contribution in [0.5, 0.6) is 0 Å². The Morgan fingerprint density at radius 2 is 1.70 bits per heavy atom. The van der Waals surface area contributed by atoms with Gasteiger partial charge < -0.3 is 9.47 Å². The second-order valence-corrected chi connectivity index (χ2v) is 16.6. The molecule has 0 amide bonds. The number of carbonyl (C=O) groups excluding carboxylic acids is 1. The number of ether oxygens (including phenoxy) is 2. The van der Waals surface area contributed by atoms with E-state index in [2.05, 4.69) is 19.6 Å². The van der Waals surface area contributed by atoms with E-state index in [-0.39, 0.29) is 18.0 Å². The molecule has 0 radical (unpaired) electrons. The van der Waals surface area contributed by atoms with Gasteiger partial charge in [-0.2, -0.15) is 0 Å². The fourth-order valence-corrected chi connectivity index (χ4v) is 5.80. The van der Waals surface area contributed by atoms with Crippen LogP contribution < -0.4 is 5.56 Å². The van der Waals surface area contributed by atoms with Crippen molar-refractivity contribution in [3.8, 4) is 11.3 Å². The Labute approximate surface area is 222 Å². The first-order valence-corrected chi connectivity index (χ1v) is 16.9. The third-order valence-electron chi connectivity index (χ3n) is 5.97. The summed E-state index contributed by atoms with van der Waals surface area (Å²) >= 11 is 1.49. The van der Waals surface area contributed by atoms with Crippen LogP contribution in [0.3, 0.4) is 0 Å². The van der Waals surface area contributed by atoms with Crippen LogP contribution in [0.4, 0.5) is 0 Å². The largest absolute Gasteiger partial charge is 0.465 e. The van der Waals surface area contributed by atoms with Gasteiger partial charge in [-0.25, -0.2) is 9.78 Å². The standard InChI is InChI=1S/C29H32N2O4SSi/c1-34-29(33)23-14-10-13-22(27(23)36-19-21-11-6-5-7-12-21)26-28(32)31(20-35-17-18-37(2,3)4)25-16-9-8-15-24(25)30-26/h5-16H,17-20H2,1-4H3. The van der Waals surface area contributed by atoms with Crippen LogP contribution in [0.15, 0.2) is 82.5 Å². The SMILES string of the molecule is COC(=O)c1cccc(-c2nc3ccccc3n(COCC[Si](C)(C)C)c2=O)c1SCc1ccccc1. The second-order valence-electron chi connectivity index (χ2n) is 9.98. The Bertz CT molecular complexity index is 1450. The van der Waals surface area contributed by atoms with E-state index in [1.807, 2.05) is 60.7 Å². The number of nitrogens with zero attached hydrogens (tertiary/aromatic N) is 2. The third-order valence-corrected chi connectivity index (χ3v) is 8.88. The van der Waals surface area contributed by atoms with E-state index in [1.165, 1.54) is 18.9 Å². The first-order valence-electron chi connectivity index (χ1n) is 12.2. The highest BCUT2D eigenvalue weighted by Crippen LogP contribution is 2.35. The molecule has 0 unspecified atom stereocenters. The Balaban J connectivity index is 1.80. The van der Waals surface area contributed by atoms with Crippen molar-refractivity contribution in [1.29, 1.82) is 0 Å². The third kappa shape index (κ3) is 6.57. The average Bonchev–Trinajstić information content (AvgIpc) is 2.90. The van der Waals surface area contributed by atoms with E-state index in [4.69, 9.17) is 14.5 Å². The van der Waals surface area contributed by atoms with Gasteiger partial charge in [-0.3, -0.25) is 9.36 Å². The number of methoxy groups -OCH3 is 1. The molecule has 0 N–H and O–H groups in total. The molecule has 0 saturated carbocycles. The first kappa shape index (κ1) is 26.8. The van der Waals surface area contributed by atoms with E-state index < -0.39 is 14.0 Å². The molecule has 1 aromatic heterocycles. The molecular formula is C29H32N2O4SSi. The number of carbonyl (C=O) groups is 1. The summed E-state index contributed by atoms with van der Waals surface area (Å²) in [5, 5.41) is 0. The minimum absolute atomic E-state index is 0.141. The van der Waals surface area contributed by atoms with Crippen LogP contribution in [0, 0.1) is 0 Å². The molecule has 0 bridgehead atoms. The van der Waals surface area contributed by atoms with Crippen LogP contribution in [0.2, 0.25) is 25.7 Å². The molecule has 0 aliphatic rings. The van der Waals surface area contributed by atoms with Crippen LogP contribution in [-0.2, 0) is 22.0 Å². The summed E-state index contributed by atoms with van der Waals surface area (Å²) < 4.78 is 12.7. The van der Waals surface area contributed by atoms with Gasteiger partial charge in [-0.1, -0.05) is 74.2 Å². The molecule has 192 valence electrons. The molecule has 4 aromatic rings. The molecule has 3 aromatic carbocycles. The van der Waals surface area contributed by atoms with Gasteiger partial charge in [0.2, 0.25) is 0 Å². The Hall–Kier alpha value is -3.20. The monoisotopic (exact) mass is 532 g/mol. The topological polar surface area (TPSA) is 70.4 Å². The fourth-order valence-electron chi connectivity index (χ4n) is 3.91. The minimum Gasteiger partial charge on any atom is -0.465 e. The Morgan fingerprint density at radius 3 is 2.43 bits per heavy atom. The molecule has 37 heavy (non-hydrogen) atoms. The zero-order valence-corrected chi connectivity index (χ0v) is 23.5. The number of rotatable bonds is 10. The van der Waals surface area contributed by atoms with Crippen LogP contribution in [0.25, 0.3) is 22.3 Å². The summed E-state index contributed by atoms with van der Waals surface area (Å²) in [7, 11) is 0.0978. The van der Waals surface area contributed by atoms with Crippen LogP contribution in [0.1, 0.15) is 15.9 Å². The van der Waals surface area contributed by atoms with Crippen molar-refractivity contribution >= 4 is 36.8 Å². The molecule has 8 heteroatoms. The summed E-state index contributed by atoms with van der Waals surface area (Å²) in [4.78, 5) is 32.0. The van der Waals surface area contributed by atoms with Crippen molar-refractivity contribution < 1.29 is 14.3 Å². The number of esters is 1. The number of hydrogen-bond donors (Lipinski definition) is 0. The van der Waals surface area contributed by atoms with Crippen molar-refractivity contribution in [2.24, 2.45) is 0 Å². The lowest BCUT2D eigenvalue weighted by atomic mass is 10.1. The van der Waals surface area contributed by atoms with E-state index in [0.29, 0.717) is 39.4 Å². The average molecular weight is 533 g/mol. The normalized spacial score (nSPS) is 11.6. The predicted octanol–water partition coefficient (Wildman–Crippen LogP) is 6.45. The van der Waals surface area contributed by atoms with Gasteiger partial charge >= 0.3 is 5.97 Å². The van der Waals surface area contributed by atoms with Crippen molar-refractivity contribution in [3.05, 3.63) is 94.3 Å². The Morgan fingerprint density at radius 1 is 0.973 bits per heavy atom. The maximum atomic E-state index is 13.9. The molecule has 0 atom stereocenters. The summed E-state index contributed by atoms with van der Waals surface area (Å²) in [6.07, 6.45) is 0. The summed E-state index contributed by atoms with van der Waals surface area (Å²) in [5.41, 5.74) is 3.56. The maximum absolute atomic E-state index is 13.9. The van der Waals surface area contributed by atoms with Crippen molar-refractivity contribution in [2.45, 2.75) is 43.1 Å². The molecule has 0 spiro atoms. The predicted molar refractivity (Wildman–Crippen MR) is 153 cm³/mol. The molecule has 0 aliphatic carbocycles. The highest BCUT2D eigenvalue weighted by Gasteiger charge is 2.22. The first-order chi connectivity index (χ1) is 17.8. The molecule has 0 fully saturated rings. The lowest BCUT2D eigenvalue weighted by molar-refractivity contribution is 0.0597. The van der Waals surface area contributed by atoms with E-state index in [9.17, 15) is 9.59 Å². The van der Waals surface area contributed by atoms with Crippen molar-refractivity contribution in [3.63, 3.8) is 0 Å². The number of benzene rings is 3. The van der Waals surface area contributed by atoms with E-state index in [0.717, 1.165) is 11.6 Å². The van der Waals surface area contributed by atoms with Gasteiger partial charge in [0, 0.05) is 30.9 Å². The van der Waals surface area contributed by atoms with Gasteiger partial charge in [0.05, 0.1) is 23.7 Å². The van der Waals surface area contributed by atoms with Gasteiger partial charge in [-0.05, 0) is 29.8 Å². The van der Waals surface area contributed by atoms with Crippen LogP contribution >= 0.6 is 11.8 Å². The zero-order valence-electron chi connectivity index (χ0n) is 21.7. The van der Waals surface area contributed by atoms with Gasteiger partial charge in [-0.15, -0.1) is 11.8 Å². The zero-order chi connectivity index (χ0) is 26.4.